The minimum atomic E-state index is 0.363. The highest BCUT2D eigenvalue weighted by molar-refractivity contribution is 5.85. The number of rotatable bonds is 5. The molecule has 1 unspecified atom stereocenters. The van der Waals surface area contributed by atoms with Gasteiger partial charge in [-0.2, -0.15) is 0 Å². The van der Waals surface area contributed by atoms with Crippen LogP contribution in [0.2, 0.25) is 0 Å². The molecule has 26 heavy (non-hydrogen) atoms. The van der Waals surface area contributed by atoms with Gasteiger partial charge in [-0.05, 0) is 59.3 Å². The van der Waals surface area contributed by atoms with Crippen molar-refractivity contribution in [3.63, 3.8) is 0 Å². The second-order valence-corrected chi connectivity index (χ2v) is 7.27. The predicted octanol–water partition coefficient (Wildman–Crippen LogP) is 4.86. The van der Waals surface area contributed by atoms with Crippen LogP contribution in [-0.4, -0.2) is 24.5 Å². The molecule has 1 saturated heterocycles. The number of hydrogen-bond donors (Lipinski definition) is 1. The summed E-state index contributed by atoms with van der Waals surface area (Å²) in [7, 11) is 0. The number of fused-ring (bicyclic) bond motifs is 1. The molecule has 4 rings (SSSR count). The second-order valence-electron chi connectivity index (χ2n) is 7.27. The topological polar surface area (TPSA) is 15.3 Å². The fraction of sp³-hybridized carbons (Fsp3) is 0.333. The van der Waals surface area contributed by atoms with E-state index in [1.54, 1.807) is 0 Å². The van der Waals surface area contributed by atoms with E-state index in [0.29, 0.717) is 6.17 Å². The lowest BCUT2D eigenvalue weighted by atomic mass is 9.92. The summed E-state index contributed by atoms with van der Waals surface area (Å²) >= 11 is 0. The molecule has 0 amide bonds. The van der Waals surface area contributed by atoms with Gasteiger partial charge in [0.05, 0.1) is 6.17 Å². The maximum Gasteiger partial charge on any atom is 0.0864 e. The standard InChI is InChI=1S/C24H28N2/c1-3-26-17-16-25-24(26)23-13-6-8-18(2)21(23)15-14-20-11-7-10-19-9-4-5-12-22(19)20/h4-13,24-25H,3,14-17H2,1-2H3. The van der Waals surface area contributed by atoms with Crippen molar-refractivity contribution in [3.05, 3.63) is 82.9 Å². The van der Waals surface area contributed by atoms with Crippen molar-refractivity contribution >= 4 is 10.8 Å². The van der Waals surface area contributed by atoms with Crippen LogP contribution in [0.1, 0.15) is 35.3 Å². The Balaban J connectivity index is 1.64. The summed E-state index contributed by atoms with van der Waals surface area (Å²) in [6.07, 6.45) is 2.53. The molecule has 1 N–H and O–H groups in total. The van der Waals surface area contributed by atoms with E-state index in [9.17, 15) is 0 Å². The third kappa shape index (κ3) is 3.27. The Morgan fingerprint density at radius 3 is 2.65 bits per heavy atom. The maximum atomic E-state index is 3.70. The number of benzene rings is 3. The molecule has 1 fully saturated rings. The number of aryl methyl sites for hydroxylation is 2. The van der Waals surface area contributed by atoms with Crippen LogP contribution in [0.15, 0.2) is 60.7 Å². The first-order valence-corrected chi connectivity index (χ1v) is 9.80. The largest absolute Gasteiger partial charge is 0.297 e. The van der Waals surface area contributed by atoms with E-state index >= 15 is 0 Å². The summed E-state index contributed by atoms with van der Waals surface area (Å²) in [6.45, 7) is 7.82. The Hall–Kier alpha value is -2.16. The summed E-state index contributed by atoms with van der Waals surface area (Å²) in [4.78, 5) is 2.54. The molecule has 3 aromatic rings. The molecule has 3 aromatic carbocycles. The van der Waals surface area contributed by atoms with Crippen molar-refractivity contribution in [1.82, 2.24) is 10.2 Å². The number of hydrogen-bond acceptors (Lipinski definition) is 2. The number of nitrogens with zero attached hydrogens (tertiary/aromatic N) is 1. The minimum absolute atomic E-state index is 0.363. The molecule has 2 heteroatoms. The molecule has 0 bridgehead atoms. The summed E-state index contributed by atoms with van der Waals surface area (Å²) in [6, 6.07) is 22.2. The summed E-state index contributed by atoms with van der Waals surface area (Å²) in [5.74, 6) is 0. The lowest BCUT2D eigenvalue weighted by molar-refractivity contribution is 0.257. The SMILES string of the molecule is CCN1CCNC1c1cccc(C)c1CCc1cccc2ccccc12. The fourth-order valence-corrected chi connectivity index (χ4v) is 4.34. The van der Waals surface area contributed by atoms with E-state index in [1.165, 1.54) is 33.0 Å². The van der Waals surface area contributed by atoms with E-state index in [-0.39, 0.29) is 0 Å². The molecule has 134 valence electrons. The molecule has 0 radical (unpaired) electrons. The first-order valence-electron chi connectivity index (χ1n) is 9.80. The van der Waals surface area contributed by atoms with Gasteiger partial charge in [0, 0.05) is 13.1 Å². The molecule has 1 atom stereocenters. The lowest BCUT2D eigenvalue weighted by Gasteiger charge is -2.26. The zero-order chi connectivity index (χ0) is 17.9. The van der Waals surface area contributed by atoms with Crippen LogP contribution < -0.4 is 5.32 Å². The van der Waals surface area contributed by atoms with Crippen LogP contribution in [0.3, 0.4) is 0 Å². The van der Waals surface area contributed by atoms with Crippen LogP contribution in [0.25, 0.3) is 10.8 Å². The third-order valence-corrected chi connectivity index (χ3v) is 5.77. The van der Waals surface area contributed by atoms with Crippen molar-refractivity contribution in [2.75, 3.05) is 19.6 Å². The van der Waals surface area contributed by atoms with Gasteiger partial charge in [-0.1, -0.05) is 67.6 Å². The average Bonchev–Trinajstić information content (AvgIpc) is 3.15. The van der Waals surface area contributed by atoms with Gasteiger partial charge < -0.3 is 0 Å². The first-order chi connectivity index (χ1) is 12.8. The van der Waals surface area contributed by atoms with Gasteiger partial charge in [-0.15, -0.1) is 0 Å². The van der Waals surface area contributed by atoms with Crippen LogP contribution in [-0.2, 0) is 12.8 Å². The lowest BCUT2D eigenvalue weighted by Crippen LogP contribution is -2.28. The fourth-order valence-electron chi connectivity index (χ4n) is 4.34. The zero-order valence-electron chi connectivity index (χ0n) is 15.8. The van der Waals surface area contributed by atoms with Gasteiger partial charge in [0.25, 0.3) is 0 Å². The average molecular weight is 345 g/mol. The molecule has 1 aliphatic heterocycles. The van der Waals surface area contributed by atoms with Gasteiger partial charge >= 0.3 is 0 Å². The van der Waals surface area contributed by atoms with Gasteiger partial charge in [-0.25, -0.2) is 0 Å². The molecular formula is C24H28N2. The zero-order valence-corrected chi connectivity index (χ0v) is 15.8. The van der Waals surface area contributed by atoms with Gasteiger partial charge in [-0.3, -0.25) is 10.2 Å². The van der Waals surface area contributed by atoms with Crippen molar-refractivity contribution < 1.29 is 0 Å². The maximum absolute atomic E-state index is 3.70. The van der Waals surface area contributed by atoms with Crippen LogP contribution in [0.5, 0.6) is 0 Å². The second kappa shape index (κ2) is 7.61. The molecular weight excluding hydrogens is 316 g/mol. The van der Waals surface area contributed by atoms with E-state index in [2.05, 4.69) is 84.7 Å². The minimum Gasteiger partial charge on any atom is -0.297 e. The van der Waals surface area contributed by atoms with E-state index < -0.39 is 0 Å². The predicted molar refractivity (Wildman–Crippen MR) is 111 cm³/mol. The quantitative estimate of drug-likeness (QED) is 0.711. The smallest absolute Gasteiger partial charge is 0.0864 e. The van der Waals surface area contributed by atoms with E-state index in [4.69, 9.17) is 0 Å². The molecule has 2 nitrogen and oxygen atoms in total. The van der Waals surface area contributed by atoms with Crippen molar-refractivity contribution in [2.45, 2.75) is 32.9 Å². The Kier molecular flexibility index (Phi) is 5.05. The molecule has 0 saturated carbocycles. The highest BCUT2D eigenvalue weighted by Crippen LogP contribution is 2.28. The Labute approximate surface area is 156 Å². The third-order valence-electron chi connectivity index (χ3n) is 5.77. The highest BCUT2D eigenvalue weighted by atomic mass is 15.3. The first kappa shape index (κ1) is 17.3. The van der Waals surface area contributed by atoms with Crippen LogP contribution >= 0.6 is 0 Å². The van der Waals surface area contributed by atoms with E-state index in [1.807, 2.05) is 0 Å². The molecule has 1 aliphatic rings. The molecule has 0 spiro atoms. The van der Waals surface area contributed by atoms with E-state index in [0.717, 1.165) is 32.5 Å². The Morgan fingerprint density at radius 2 is 1.77 bits per heavy atom. The Morgan fingerprint density at radius 1 is 0.962 bits per heavy atom. The normalized spacial score (nSPS) is 17.8. The van der Waals surface area contributed by atoms with Crippen molar-refractivity contribution in [3.8, 4) is 0 Å². The Bertz CT molecular complexity index is 894. The van der Waals surface area contributed by atoms with Gasteiger partial charge in [0.2, 0.25) is 0 Å². The summed E-state index contributed by atoms with van der Waals surface area (Å²) < 4.78 is 0. The monoisotopic (exact) mass is 344 g/mol. The number of nitrogens with one attached hydrogen (secondary N) is 1. The van der Waals surface area contributed by atoms with Gasteiger partial charge in [0.1, 0.15) is 0 Å². The van der Waals surface area contributed by atoms with Crippen molar-refractivity contribution in [1.29, 1.82) is 0 Å². The van der Waals surface area contributed by atoms with Gasteiger partial charge in [0.15, 0.2) is 0 Å². The highest BCUT2D eigenvalue weighted by Gasteiger charge is 2.26. The summed E-state index contributed by atoms with van der Waals surface area (Å²) in [5, 5.41) is 6.42. The van der Waals surface area contributed by atoms with Crippen LogP contribution in [0.4, 0.5) is 0 Å². The molecule has 1 heterocycles. The molecule has 0 aromatic heterocycles. The molecule has 0 aliphatic carbocycles. The number of likely N-dealkylation sites (N-methyl/N-ethyl adjacent to an activating group) is 1. The van der Waals surface area contributed by atoms with Crippen molar-refractivity contribution in [2.24, 2.45) is 0 Å². The van der Waals surface area contributed by atoms with Crippen LogP contribution in [0, 0.1) is 6.92 Å². The summed E-state index contributed by atoms with van der Waals surface area (Å²) in [5.41, 5.74) is 5.83.